The molecule has 2 atom stereocenters. The van der Waals surface area contributed by atoms with E-state index >= 15 is 0 Å². The molecule has 1 aliphatic heterocycles. The Morgan fingerprint density at radius 1 is 1.50 bits per heavy atom. The Morgan fingerprint density at radius 3 is 2.80 bits per heavy atom. The van der Waals surface area contributed by atoms with Crippen LogP contribution in [0.15, 0.2) is 24.3 Å². The number of aliphatic carboxylic acids is 1. The molecule has 0 bridgehead atoms. The lowest BCUT2D eigenvalue weighted by Crippen LogP contribution is -2.38. The van der Waals surface area contributed by atoms with Crippen molar-refractivity contribution >= 4 is 11.7 Å². The normalized spacial score (nSPS) is 20.2. The molecule has 1 aromatic rings. The highest BCUT2D eigenvalue weighted by atomic mass is 16.4. The van der Waals surface area contributed by atoms with Gasteiger partial charge in [0, 0.05) is 25.2 Å². The highest BCUT2D eigenvalue weighted by molar-refractivity contribution is 5.67. The molecule has 1 saturated heterocycles. The van der Waals surface area contributed by atoms with Crippen LogP contribution in [-0.4, -0.2) is 24.2 Å². The topological polar surface area (TPSA) is 64.3 Å². The number of hydrogen-bond acceptors (Lipinski definition) is 3. The smallest absolute Gasteiger partial charge is 0.303 e. The van der Waals surface area contributed by atoms with Crippen LogP contribution in [0.1, 0.15) is 31.7 Å². The van der Waals surface area contributed by atoms with Crippen LogP contribution in [0.2, 0.25) is 0 Å². The summed E-state index contributed by atoms with van der Waals surface area (Å²) in [4.78, 5) is 13.1. The maximum Gasteiger partial charge on any atom is 0.303 e. The fourth-order valence-electron chi connectivity index (χ4n) is 2.90. The van der Waals surface area contributed by atoms with E-state index in [1.165, 1.54) is 0 Å². The highest BCUT2D eigenvalue weighted by Gasteiger charge is 2.26. The molecule has 0 radical (unpaired) electrons. The van der Waals surface area contributed by atoms with Crippen LogP contribution in [0.4, 0.5) is 5.69 Å². The van der Waals surface area contributed by atoms with Gasteiger partial charge in [-0.15, -0.1) is 0 Å². The molecule has 0 spiro atoms. The molecule has 106 valence electrons. The summed E-state index contributed by atoms with van der Waals surface area (Å²) in [7, 11) is 0. The Morgan fingerprint density at radius 2 is 2.20 bits per heavy atom. The van der Waals surface area contributed by atoms with Crippen molar-refractivity contribution in [1.29, 1.82) is 5.26 Å². The first-order valence-electron chi connectivity index (χ1n) is 7.07. The molecular weight excluding hydrogens is 252 g/mol. The number of carboxylic acids is 1. The van der Waals surface area contributed by atoms with Crippen molar-refractivity contribution < 1.29 is 9.90 Å². The second-order valence-corrected chi connectivity index (χ2v) is 5.58. The molecule has 4 nitrogen and oxygen atoms in total. The zero-order valence-electron chi connectivity index (χ0n) is 11.7. The van der Waals surface area contributed by atoms with E-state index in [0.717, 1.165) is 31.6 Å². The zero-order chi connectivity index (χ0) is 14.5. The Labute approximate surface area is 119 Å². The van der Waals surface area contributed by atoms with Gasteiger partial charge in [0.25, 0.3) is 0 Å². The Kier molecular flexibility index (Phi) is 4.62. The van der Waals surface area contributed by atoms with Crippen molar-refractivity contribution in [2.45, 2.75) is 26.2 Å². The number of rotatable bonds is 4. The lowest BCUT2D eigenvalue weighted by molar-refractivity contribution is -0.138. The van der Waals surface area contributed by atoms with Crippen LogP contribution < -0.4 is 4.90 Å². The van der Waals surface area contributed by atoms with E-state index < -0.39 is 5.97 Å². The summed E-state index contributed by atoms with van der Waals surface area (Å²) in [6.07, 6.45) is 2.43. The molecule has 1 aromatic carbocycles. The summed E-state index contributed by atoms with van der Waals surface area (Å²) >= 11 is 0. The van der Waals surface area contributed by atoms with Gasteiger partial charge in [-0.3, -0.25) is 4.79 Å². The second-order valence-electron chi connectivity index (χ2n) is 5.58. The number of carbonyl (C=O) groups is 1. The van der Waals surface area contributed by atoms with E-state index in [9.17, 15) is 4.79 Å². The van der Waals surface area contributed by atoms with Crippen molar-refractivity contribution in [2.24, 2.45) is 11.8 Å². The molecule has 1 heterocycles. The number of benzene rings is 1. The van der Waals surface area contributed by atoms with Crippen LogP contribution in [-0.2, 0) is 4.79 Å². The largest absolute Gasteiger partial charge is 0.481 e. The molecular formula is C16H20N2O2. The molecule has 1 fully saturated rings. The summed E-state index contributed by atoms with van der Waals surface area (Å²) in [6, 6.07) is 9.74. The third-order valence-electron chi connectivity index (χ3n) is 4.12. The SMILES string of the molecule is CC(CC(=O)O)C1CCCN(c2ccc(C#N)cc2)C1. The first kappa shape index (κ1) is 14.4. The number of anilines is 1. The van der Waals surface area contributed by atoms with Gasteiger partial charge < -0.3 is 10.0 Å². The van der Waals surface area contributed by atoms with Crippen molar-refractivity contribution in [3.63, 3.8) is 0 Å². The highest BCUT2D eigenvalue weighted by Crippen LogP contribution is 2.29. The lowest BCUT2D eigenvalue weighted by Gasteiger charge is -2.37. The quantitative estimate of drug-likeness (QED) is 0.915. The van der Waals surface area contributed by atoms with Crippen LogP contribution >= 0.6 is 0 Å². The molecule has 20 heavy (non-hydrogen) atoms. The van der Waals surface area contributed by atoms with Gasteiger partial charge in [0.05, 0.1) is 11.6 Å². The number of hydrogen-bond donors (Lipinski definition) is 1. The van der Waals surface area contributed by atoms with Gasteiger partial charge in [0.1, 0.15) is 0 Å². The number of piperidine rings is 1. The number of carboxylic acid groups (broad SMARTS) is 1. The lowest BCUT2D eigenvalue weighted by atomic mass is 9.84. The molecule has 0 amide bonds. The summed E-state index contributed by atoms with van der Waals surface area (Å²) in [5.74, 6) is -0.0860. The van der Waals surface area contributed by atoms with Crippen molar-refractivity contribution in [3.8, 4) is 6.07 Å². The Balaban J connectivity index is 2.02. The third kappa shape index (κ3) is 3.51. The number of nitriles is 1. The van der Waals surface area contributed by atoms with E-state index in [1.807, 2.05) is 31.2 Å². The van der Waals surface area contributed by atoms with Gasteiger partial charge in [0.15, 0.2) is 0 Å². The summed E-state index contributed by atoms with van der Waals surface area (Å²) < 4.78 is 0. The predicted molar refractivity (Wildman–Crippen MR) is 77.5 cm³/mol. The van der Waals surface area contributed by atoms with Gasteiger partial charge in [-0.25, -0.2) is 0 Å². The van der Waals surface area contributed by atoms with Gasteiger partial charge in [0.2, 0.25) is 0 Å². The maximum atomic E-state index is 10.8. The minimum atomic E-state index is -0.715. The summed E-state index contributed by atoms with van der Waals surface area (Å²) in [6.45, 7) is 3.93. The van der Waals surface area contributed by atoms with E-state index in [2.05, 4.69) is 11.0 Å². The van der Waals surface area contributed by atoms with E-state index in [0.29, 0.717) is 11.5 Å². The predicted octanol–water partition coefficient (Wildman–Crippen LogP) is 2.89. The minimum absolute atomic E-state index is 0.202. The van der Waals surface area contributed by atoms with Crippen molar-refractivity contribution in [1.82, 2.24) is 0 Å². The fourth-order valence-corrected chi connectivity index (χ4v) is 2.90. The van der Waals surface area contributed by atoms with Crippen LogP contribution in [0.5, 0.6) is 0 Å². The second kappa shape index (κ2) is 6.42. The molecule has 2 rings (SSSR count). The standard InChI is InChI=1S/C16H20N2O2/c1-12(9-16(19)20)14-3-2-8-18(11-14)15-6-4-13(10-17)5-7-15/h4-7,12,14H,2-3,8-9,11H2,1H3,(H,19,20). The van der Waals surface area contributed by atoms with E-state index in [-0.39, 0.29) is 12.3 Å². The van der Waals surface area contributed by atoms with Crippen LogP contribution in [0.3, 0.4) is 0 Å². The Bertz CT molecular complexity index is 504. The molecule has 0 saturated carbocycles. The molecule has 2 unspecified atom stereocenters. The molecule has 4 heteroatoms. The Hall–Kier alpha value is -2.02. The first-order valence-corrected chi connectivity index (χ1v) is 7.07. The van der Waals surface area contributed by atoms with Gasteiger partial charge in [-0.05, 0) is 48.9 Å². The van der Waals surface area contributed by atoms with Crippen LogP contribution in [0, 0.1) is 23.2 Å². The number of nitrogens with zero attached hydrogens (tertiary/aromatic N) is 2. The summed E-state index contributed by atoms with van der Waals surface area (Å²) in [5, 5.41) is 17.7. The average molecular weight is 272 g/mol. The molecule has 1 aliphatic rings. The van der Waals surface area contributed by atoms with E-state index in [4.69, 9.17) is 10.4 Å². The van der Waals surface area contributed by atoms with Crippen LogP contribution in [0.25, 0.3) is 0 Å². The monoisotopic (exact) mass is 272 g/mol. The van der Waals surface area contributed by atoms with Gasteiger partial charge >= 0.3 is 5.97 Å². The molecule has 0 aromatic heterocycles. The minimum Gasteiger partial charge on any atom is -0.481 e. The van der Waals surface area contributed by atoms with Gasteiger partial charge in [-0.2, -0.15) is 5.26 Å². The van der Waals surface area contributed by atoms with Crippen molar-refractivity contribution in [2.75, 3.05) is 18.0 Å². The molecule has 0 aliphatic carbocycles. The average Bonchev–Trinajstić information content (AvgIpc) is 2.47. The third-order valence-corrected chi connectivity index (χ3v) is 4.12. The van der Waals surface area contributed by atoms with Gasteiger partial charge in [-0.1, -0.05) is 6.92 Å². The van der Waals surface area contributed by atoms with E-state index in [1.54, 1.807) is 0 Å². The fraction of sp³-hybridized carbons (Fsp3) is 0.500. The summed E-state index contributed by atoms with van der Waals surface area (Å²) in [5.41, 5.74) is 1.79. The zero-order valence-corrected chi connectivity index (χ0v) is 11.7. The molecule has 1 N–H and O–H groups in total. The van der Waals surface area contributed by atoms with Crippen molar-refractivity contribution in [3.05, 3.63) is 29.8 Å². The first-order chi connectivity index (χ1) is 9.60. The maximum absolute atomic E-state index is 10.8.